The molecule has 5 nitrogen and oxygen atoms in total. The van der Waals surface area contributed by atoms with Gasteiger partial charge in [0.2, 0.25) is 0 Å². The topological polar surface area (TPSA) is 62.5 Å². The molecule has 1 N–H and O–H groups in total. The number of carboxylic acids is 1. The number of hydrogen-bond donors (Lipinski definition) is 1. The number of aromatic carboxylic acids is 1. The van der Waals surface area contributed by atoms with Gasteiger partial charge in [0.25, 0.3) is 0 Å². The summed E-state index contributed by atoms with van der Waals surface area (Å²) in [5.74, 6) is -3.04. The second-order valence-electron chi connectivity index (χ2n) is 4.27. The summed E-state index contributed by atoms with van der Waals surface area (Å²) >= 11 is 0. The van der Waals surface area contributed by atoms with E-state index >= 15 is 0 Å². The van der Waals surface area contributed by atoms with Crippen molar-refractivity contribution in [3.8, 4) is 0 Å². The van der Waals surface area contributed by atoms with Crippen molar-refractivity contribution < 1.29 is 27.9 Å². The highest BCUT2D eigenvalue weighted by molar-refractivity contribution is 5.86. The Labute approximate surface area is 106 Å². The van der Waals surface area contributed by atoms with Gasteiger partial charge in [0.05, 0.1) is 6.04 Å². The number of carbonyl (C=O) groups is 2. The lowest BCUT2D eigenvalue weighted by atomic mass is 10.1. The molecule has 0 radical (unpaired) electrons. The van der Waals surface area contributed by atoms with E-state index in [1.165, 1.54) is 23.6 Å². The van der Waals surface area contributed by atoms with Crippen LogP contribution in [0, 0.1) is 0 Å². The van der Waals surface area contributed by atoms with E-state index in [1.807, 2.05) is 0 Å². The molecule has 2 rings (SSSR count). The lowest BCUT2D eigenvalue weighted by Gasteiger charge is -2.35. The molecule has 0 saturated carbocycles. The molecule has 0 bridgehead atoms. The Bertz CT molecular complexity index is 536. The molecule has 0 saturated heterocycles. The van der Waals surface area contributed by atoms with Crippen molar-refractivity contribution >= 4 is 11.9 Å². The lowest BCUT2D eigenvalue weighted by Crippen LogP contribution is -2.47. The van der Waals surface area contributed by atoms with Crippen molar-refractivity contribution in [2.45, 2.75) is 25.7 Å². The van der Waals surface area contributed by atoms with Crippen molar-refractivity contribution in [1.29, 1.82) is 0 Å². The van der Waals surface area contributed by atoms with Crippen LogP contribution in [-0.2, 0) is 11.3 Å². The summed E-state index contributed by atoms with van der Waals surface area (Å²) in [7, 11) is 0. The van der Waals surface area contributed by atoms with Gasteiger partial charge in [-0.05, 0) is 19.1 Å². The molecule has 1 unspecified atom stereocenters. The molecule has 1 aromatic heterocycles. The predicted molar refractivity (Wildman–Crippen MR) is 57.6 cm³/mol. The molecular weight excluding hydrogens is 265 g/mol. The zero-order valence-electron chi connectivity index (χ0n) is 9.94. The summed E-state index contributed by atoms with van der Waals surface area (Å²) in [4.78, 5) is 22.9. The van der Waals surface area contributed by atoms with E-state index in [4.69, 9.17) is 5.11 Å². The van der Waals surface area contributed by atoms with E-state index in [9.17, 15) is 22.8 Å². The second-order valence-corrected chi connectivity index (χ2v) is 4.27. The summed E-state index contributed by atoms with van der Waals surface area (Å²) in [6, 6.07) is 1.95. The minimum Gasteiger partial charge on any atom is -0.477 e. The number of nitrogens with zero attached hydrogens (tertiary/aromatic N) is 2. The number of carbonyl (C=O) groups excluding carboxylic acids is 1. The van der Waals surface area contributed by atoms with Gasteiger partial charge in [-0.25, -0.2) is 4.79 Å². The van der Waals surface area contributed by atoms with Crippen LogP contribution in [0.5, 0.6) is 0 Å². The third-order valence-electron chi connectivity index (χ3n) is 3.20. The first-order valence-corrected chi connectivity index (χ1v) is 5.54. The van der Waals surface area contributed by atoms with E-state index in [0.717, 1.165) is 0 Å². The van der Waals surface area contributed by atoms with Crippen LogP contribution in [0.15, 0.2) is 12.1 Å². The number of carboxylic acid groups (broad SMARTS) is 1. The first-order chi connectivity index (χ1) is 8.73. The van der Waals surface area contributed by atoms with Gasteiger partial charge >= 0.3 is 18.1 Å². The lowest BCUT2D eigenvalue weighted by molar-refractivity contribution is -0.188. The largest absolute Gasteiger partial charge is 0.477 e. The summed E-state index contributed by atoms with van der Waals surface area (Å²) in [6.45, 7) is 1.32. The van der Waals surface area contributed by atoms with E-state index in [-0.39, 0.29) is 18.8 Å². The Morgan fingerprint density at radius 2 is 1.95 bits per heavy atom. The third-order valence-corrected chi connectivity index (χ3v) is 3.20. The smallest absolute Gasteiger partial charge is 0.471 e. The third kappa shape index (κ3) is 2.18. The van der Waals surface area contributed by atoms with Gasteiger partial charge in [0.15, 0.2) is 0 Å². The number of amides is 1. The summed E-state index contributed by atoms with van der Waals surface area (Å²) in [6.07, 6.45) is -4.92. The van der Waals surface area contributed by atoms with E-state index in [2.05, 4.69) is 0 Å². The van der Waals surface area contributed by atoms with Crippen molar-refractivity contribution in [2.24, 2.45) is 0 Å². The van der Waals surface area contributed by atoms with Crippen LogP contribution < -0.4 is 0 Å². The standard InChI is InChI=1S/C11H11F3N2O3/c1-6-7-2-3-8(9(17)18)16(7)5-4-15(6)10(19)11(12,13)14/h2-3,6H,4-5H2,1H3,(H,17,18). The Morgan fingerprint density at radius 3 is 2.47 bits per heavy atom. The van der Waals surface area contributed by atoms with Crippen LogP contribution in [0.4, 0.5) is 13.2 Å². The molecule has 0 spiro atoms. The van der Waals surface area contributed by atoms with E-state index < -0.39 is 24.1 Å². The molecule has 2 heterocycles. The van der Waals surface area contributed by atoms with Crippen molar-refractivity contribution in [1.82, 2.24) is 9.47 Å². The first-order valence-electron chi connectivity index (χ1n) is 5.54. The minimum absolute atomic E-state index is 0.0148. The van der Waals surface area contributed by atoms with Crippen LogP contribution >= 0.6 is 0 Å². The van der Waals surface area contributed by atoms with Gasteiger partial charge in [-0.3, -0.25) is 4.79 Å². The van der Waals surface area contributed by atoms with Gasteiger partial charge in [-0.1, -0.05) is 0 Å². The molecule has 0 fully saturated rings. The number of alkyl halides is 3. The van der Waals surface area contributed by atoms with Crippen molar-refractivity contribution in [3.05, 3.63) is 23.5 Å². The molecule has 0 aliphatic carbocycles. The number of hydrogen-bond acceptors (Lipinski definition) is 2. The minimum atomic E-state index is -4.92. The summed E-state index contributed by atoms with van der Waals surface area (Å²) < 4.78 is 38.7. The quantitative estimate of drug-likeness (QED) is 0.848. The molecule has 1 aromatic rings. The first kappa shape index (κ1) is 13.4. The predicted octanol–water partition coefficient (Wildman–Crippen LogP) is 1.65. The monoisotopic (exact) mass is 276 g/mol. The number of fused-ring (bicyclic) bond motifs is 1. The second kappa shape index (κ2) is 4.29. The Morgan fingerprint density at radius 1 is 1.32 bits per heavy atom. The van der Waals surface area contributed by atoms with E-state index in [0.29, 0.717) is 10.6 Å². The zero-order valence-corrected chi connectivity index (χ0v) is 9.94. The molecule has 1 aliphatic rings. The van der Waals surface area contributed by atoms with Crippen LogP contribution in [0.1, 0.15) is 29.1 Å². The fraction of sp³-hybridized carbons (Fsp3) is 0.455. The highest BCUT2D eigenvalue weighted by atomic mass is 19.4. The fourth-order valence-electron chi connectivity index (χ4n) is 2.29. The number of halogens is 3. The average molecular weight is 276 g/mol. The van der Waals surface area contributed by atoms with E-state index in [1.54, 1.807) is 0 Å². The molecule has 8 heteroatoms. The van der Waals surface area contributed by atoms with Gasteiger partial charge in [0, 0.05) is 18.8 Å². The van der Waals surface area contributed by atoms with Gasteiger partial charge < -0.3 is 14.6 Å². The molecular formula is C11H11F3N2O3. The maximum absolute atomic E-state index is 12.4. The Hall–Kier alpha value is -1.99. The molecule has 1 atom stereocenters. The van der Waals surface area contributed by atoms with Crippen molar-refractivity contribution in [3.63, 3.8) is 0 Å². The summed E-state index contributed by atoms with van der Waals surface area (Å²) in [5, 5.41) is 8.94. The fourth-order valence-corrected chi connectivity index (χ4v) is 2.29. The van der Waals surface area contributed by atoms with Gasteiger partial charge in [-0.2, -0.15) is 13.2 Å². The van der Waals surface area contributed by atoms with Crippen molar-refractivity contribution in [2.75, 3.05) is 6.54 Å². The maximum Gasteiger partial charge on any atom is 0.471 e. The zero-order chi connectivity index (χ0) is 14.4. The number of aromatic nitrogens is 1. The Balaban J connectivity index is 2.33. The average Bonchev–Trinajstić information content (AvgIpc) is 2.72. The molecule has 19 heavy (non-hydrogen) atoms. The highest BCUT2D eigenvalue weighted by Crippen LogP contribution is 2.31. The molecule has 1 amide bonds. The molecule has 0 aromatic carbocycles. The van der Waals surface area contributed by atoms with Crippen LogP contribution in [0.25, 0.3) is 0 Å². The van der Waals surface area contributed by atoms with Crippen LogP contribution in [0.3, 0.4) is 0 Å². The summed E-state index contributed by atoms with van der Waals surface area (Å²) in [5.41, 5.74) is 0.405. The Kier molecular flexibility index (Phi) is 3.03. The number of rotatable bonds is 1. The SMILES string of the molecule is CC1c2ccc(C(=O)O)n2CCN1C(=O)C(F)(F)F. The van der Waals surface area contributed by atoms with Gasteiger partial charge in [0.1, 0.15) is 5.69 Å². The van der Waals surface area contributed by atoms with Gasteiger partial charge in [-0.15, -0.1) is 0 Å². The van der Waals surface area contributed by atoms with Crippen LogP contribution in [0.2, 0.25) is 0 Å². The maximum atomic E-state index is 12.4. The van der Waals surface area contributed by atoms with Crippen LogP contribution in [-0.4, -0.2) is 39.2 Å². The highest BCUT2D eigenvalue weighted by Gasteiger charge is 2.45. The molecule has 1 aliphatic heterocycles. The molecule has 104 valence electrons. The normalized spacial score (nSPS) is 19.2.